The van der Waals surface area contributed by atoms with Crippen molar-refractivity contribution in [1.82, 2.24) is 0 Å². The Balaban J connectivity index is 2.50. The Kier molecular flexibility index (Phi) is 2.66. The van der Waals surface area contributed by atoms with Crippen LogP contribution in [0.4, 0.5) is 5.69 Å². The molecule has 3 nitrogen and oxygen atoms in total. The molecule has 0 unspecified atom stereocenters. The quantitative estimate of drug-likeness (QED) is 0.784. The lowest BCUT2D eigenvalue weighted by Crippen LogP contribution is -1.91. The highest BCUT2D eigenvalue weighted by atomic mass is 32.1. The van der Waals surface area contributed by atoms with Gasteiger partial charge in [-0.25, -0.2) is 4.79 Å². The fourth-order valence-corrected chi connectivity index (χ4v) is 2.45. The van der Waals surface area contributed by atoms with Crippen LogP contribution in [0.25, 0.3) is 10.4 Å². The Bertz CT molecular complexity index is 546. The number of carbonyl (C=O) groups is 1. The van der Waals surface area contributed by atoms with Crippen molar-refractivity contribution in [3.8, 4) is 10.4 Å². The average Bonchev–Trinajstić information content (AvgIpc) is 2.71. The molecule has 1 aromatic heterocycles. The van der Waals surface area contributed by atoms with Gasteiger partial charge >= 0.3 is 5.97 Å². The van der Waals surface area contributed by atoms with Gasteiger partial charge in [-0.3, -0.25) is 0 Å². The zero-order chi connectivity index (χ0) is 11.7. The molecule has 0 spiro atoms. The molecule has 0 saturated heterocycles. The molecule has 1 aromatic carbocycles. The monoisotopic (exact) mass is 233 g/mol. The number of rotatable bonds is 2. The predicted molar refractivity (Wildman–Crippen MR) is 65.9 cm³/mol. The highest BCUT2D eigenvalue weighted by molar-refractivity contribution is 7.17. The number of hydrogen-bond donors (Lipinski definition) is 2. The van der Waals surface area contributed by atoms with E-state index in [4.69, 9.17) is 10.8 Å². The first-order valence-corrected chi connectivity index (χ1v) is 5.60. The number of aromatic carboxylic acids is 1. The maximum Gasteiger partial charge on any atom is 0.345 e. The summed E-state index contributed by atoms with van der Waals surface area (Å²) in [5.41, 5.74) is 8.52. The van der Waals surface area contributed by atoms with Gasteiger partial charge in [0.05, 0.1) is 0 Å². The van der Waals surface area contributed by atoms with Crippen molar-refractivity contribution in [2.24, 2.45) is 0 Å². The number of nitrogen functional groups attached to an aromatic ring is 1. The largest absolute Gasteiger partial charge is 0.477 e. The van der Waals surface area contributed by atoms with Crippen LogP contribution in [-0.4, -0.2) is 11.1 Å². The fourth-order valence-electron chi connectivity index (χ4n) is 1.52. The molecule has 82 valence electrons. The Morgan fingerprint density at radius 2 is 2.06 bits per heavy atom. The fraction of sp³-hybridized carbons (Fsp3) is 0.0833. The summed E-state index contributed by atoms with van der Waals surface area (Å²) in [6, 6.07) is 9.09. The molecule has 0 atom stereocenters. The zero-order valence-corrected chi connectivity index (χ0v) is 9.54. The summed E-state index contributed by atoms with van der Waals surface area (Å²) in [5.74, 6) is -0.891. The average molecular weight is 233 g/mol. The van der Waals surface area contributed by atoms with Crippen LogP contribution < -0.4 is 5.73 Å². The van der Waals surface area contributed by atoms with Gasteiger partial charge in [0.2, 0.25) is 0 Å². The zero-order valence-electron chi connectivity index (χ0n) is 8.73. The summed E-state index contributed by atoms with van der Waals surface area (Å²) in [4.78, 5) is 12.1. The molecule has 0 amide bonds. The van der Waals surface area contributed by atoms with E-state index < -0.39 is 5.97 Å². The Morgan fingerprint density at radius 1 is 1.31 bits per heavy atom. The van der Waals surface area contributed by atoms with Crippen LogP contribution in [0, 0.1) is 6.92 Å². The molecule has 0 radical (unpaired) electrons. The van der Waals surface area contributed by atoms with E-state index in [9.17, 15) is 4.79 Å². The third-order valence-corrected chi connectivity index (χ3v) is 3.56. The van der Waals surface area contributed by atoms with Crippen molar-refractivity contribution in [3.63, 3.8) is 0 Å². The lowest BCUT2D eigenvalue weighted by Gasteiger charge is -2.05. The van der Waals surface area contributed by atoms with E-state index in [0.717, 1.165) is 21.7 Å². The van der Waals surface area contributed by atoms with Crippen molar-refractivity contribution < 1.29 is 9.90 Å². The first kappa shape index (κ1) is 10.7. The number of anilines is 1. The first-order chi connectivity index (χ1) is 7.59. The molecular formula is C12H11NO2S. The number of carboxylic acids is 1. The minimum absolute atomic E-state index is 0.344. The molecule has 0 aliphatic heterocycles. The molecule has 1 heterocycles. The smallest absolute Gasteiger partial charge is 0.345 e. The molecule has 2 rings (SSSR count). The minimum Gasteiger partial charge on any atom is -0.477 e. The number of thiophene rings is 1. The topological polar surface area (TPSA) is 63.3 Å². The number of hydrogen-bond acceptors (Lipinski definition) is 3. The number of benzene rings is 1. The first-order valence-electron chi connectivity index (χ1n) is 4.78. The Morgan fingerprint density at radius 3 is 2.69 bits per heavy atom. The van der Waals surface area contributed by atoms with E-state index in [-0.39, 0.29) is 0 Å². The van der Waals surface area contributed by atoms with Crippen LogP contribution in [0.15, 0.2) is 30.3 Å². The van der Waals surface area contributed by atoms with E-state index in [1.54, 1.807) is 6.07 Å². The van der Waals surface area contributed by atoms with Crippen molar-refractivity contribution in [1.29, 1.82) is 0 Å². The van der Waals surface area contributed by atoms with Gasteiger partial charge in [0.1, 0.15) is 4.88 Å². The molecule has 0 fully saturated rings. The van der Waals surface area contributed by atoms with E-state index in [2.05, 4.69) is 0 Å². The summed E-state index contributed by atoms with van der Waals surface area (Å²) < 4.78 is 0. The molecule has 16 heavy (non-hydrogen) atoms. The highest BCUT2D eigenvalue weighted by Gasteiger charge is 2.10. The Labute approximate surface area is 97.2 Å². The molecule has 3 N–H and O–H groups in total. The van der Waals surface area contributed by atoms with Gasteiger partial charge in [-0.05, 0) is 36.2 Å². The standard InChI is InChI=1S/C12H11NO2S/c1-7-8(3-2-4-9(7)13)10-5-6-11(16-10)12(14)15/h2-6H,13H2,1H3,(H,14,15). The predicted octanol–water partition coefficient (Wildman–Crippen LogP) is 3.00. The SMILES string of the molecule is Cc1c(N)cccc1-c1ccc(C(=O)O)s1. The van der Waals surface area contributed by atoms with Crippen LogP contribution in [0.5, 0.6) is 0 Å². The molecule has 2 aromatic rings. The van der Waals surface area contributed by atoms with Gasteiger partial charge in [0.25, 0.3) is 0 Å². The maximum absolute atomic E-state index is 10.8. The maximum atomic E-state index is 10.8. The summed E-state index contributed by atoms with van der Waals surface area (Å²) >= 11 is 1.26. The van der Waals surface area contributed by atoms with Crippen LogP contribution in [0.2, 0.25) is 0 Å². The molecule has 0 aliphatic carbocycles. The van der Waals surface area contributed by atoms with E-state index in [1.807, 2.05) is 31.2 Å². The van der Waals surface area contributed by atoms with Gasteiger partial charge in [0.15, 0.2) is 0 Å². The second-order valence-electron chi connectivity index (χ2n) is 3.49. The van der Waals surface area contributed by atoms with Crippen LogP contribution in [-0.2, 0) is 0 Å². The van der Waals surface area contributed by atoms with Crippen molar-refractivity contribution in [3.05, 3.63) is 40.8 Å². The molecular weight excluding hydrogens is 222 g/mol. The normalized spacial score (nSPS) is 10.3. The summed E-state index contributed by atoms with van der Waals surface area (Å²) in [7, 11) is 0. The van der Waals surface area contributed by atoms with E-state index >= 15 is 0 Å². The van der Waals surface area contributed by atoms with Gasteiger partial charge in [-0.15, -0.1) is 11.3 Å². The number of carboxylic acid groups (broad SMARTS) is 1. The highest BCUT2D eigenvalue weighted by Crippen LogP contribution is 2.32. The van der Waals surface area contributed by atoms with Crippen LogP contribution in [0.1, 0.15) is 15.2 Å². The second kappa shape index (κ2) is 3.98. The molecule has 0 bridgehead atoms. The van der Waals surface area contributed by atoms with Gasteiger partial charge in [-0.1, -0.05) is 12.1 Å². The van der Waals surface area contributed by atoms with Crippen LogP contribution >= 0.6 is 11.3 Å². The van der Waals surface area contributed by atoms with Crippen molar-refractivity contribution in [2.75, 3.05) is 5.73 Å². The van der Waals surface area contributed by atoms with E-state index in [1.165, 1.54) is 11.3 Å². The van der Waals surface area contributed by atoms with Crippen molar-refractivity contribution in [2.45, 2.75) is 6.92 Å². The van der Waals surface area contributed by atoms with Gasteiger partial charge in [-0.2, -0.15) is 0 Å². The minimum atomic E-state index is -0.891. The lowest BCUT2D eigenvalue weighted by atomic mass is 10.1. The lowest BCUT2D eigenvalue weighted by molar-refractivity contribution is 0.0702. The molecule has 4 heteroatoms. The second-order valence-corrected chi connectivity index (χ2v) is 4.57. The summed E-state index contributed by atoms with van der Waals surface area (Å²) in [6.45, 7) is 1.94. The summed E-state index contributed by atoms with van der Waals surface area (Å²) in [6.07, 6.45) is 0. The summed E-state index contributed by atoms with van der Waals surface area (Å²) in [5, 5.41) is 8.85. The third-order valence-electron chi connectivity index (χ3n) is 2.46. The number of nitrogens with two attached hydrogens (primary N) is 1. The molecule has 0 saturated carbocycles. The van der Waals surface area contributed by atoms with E-state index in [0.29, 0.717) is 4.88 Å². The molecule has 0 aliphatic rings. The van der Waals surface area contributed by atoms with Crippen molar-refractivity contribution >= 4 is 23.0 Å². The Hall–Kier alpha value is -1.81. The third kappa shape index (κ3) is 1.79. The van der Waals surface area contributed by atoms with Gasteiger partial charge < -0.3 is 10.8 Å². The van der Waals surface area contributed by atoms with Crippen LogP contribution in [0.3, 0.4) is 0 Å². The van der Waals surface area contributed by atoms with Gasteiger partial charge in [0, 0.05) is 10.6 Å².